The number of piperidine rings is 2. The molecule has 4 rings (SSSR count). The Morgan fingerprint density at radius 2 is 1.79 bits per heavy atom. The molecule has 0 aliphatic carbocycles. The third-order valence-corrected chi connectivity index (χ3v) is 6.16. The number of pyridine rings is 1. The zero-order valence-corrected chi connectivity index (χ0v) is 16.7. The second-order valence-corrected chi connectivity index (χ2v) is 8.21. The highest BCUT2D eigenvalue weighted by molar-refractivity contribution is 5.99. The van der Waals surface area contributed by atoms with Crippen molar-refractivity contribution in [2.24, 2.45) is 5.92 Å². The van der Waals surface area contributed by atoms with Gasteiger partial charge in [0, 0.05) is 32.4 Å². The van der Waals surface area contributed by atoms with Gasteiger partial charge in [-0.25, -0.2) is 4.98 Å². The molecule has 28 heavy (non-hydrogen) atoms. The van der Waals surface area contributed by atoms with Crippen molar-refractivity contribution in [1.29, 1.82) is 0 Å². The van der Waals surface area contributed by atoms with Gasteiger partial charge in [0.1, 0.15) is 5.82 Å². The van der Waals surface area contributed by atoms with E-state index in [4.69, 9.17) is 0 Å². The van der Waals surface area contributed by atoms with Gasteiger partial charge in [0.05, 0.1) is 5.56 Å². The van der Waals surface area contributed by atoms with Crippen LogP contribution in [-0.4, -0.2) is 42.0 Å². The standard InChI is InChI=1S/C24H31N3O/c28-24(26-16-5-2-6-17-26)22-12-7-15-25-23(22)27-18-8-11-21(19-27)14-13-20-9-3-1-4-10-20/h1,3-4,7,9-10,12,15,21H,2,5-6,8,11,13-14,16-19H2/t21-/m0/s1. The van der Waals surface area contributed by atoms with Gasteiger partial charge in [-0.1, -0.05) is 30.3 Å². The number of aryl methyl sites for hydroxylation is 1. The van der Waals surface area contributed by atoms with Gasteiger partial charge in [-0.15, -0.1) is 0 Å². The van der Waals surface area contributed by atoms with Gasteiger partial charge in [0.15, 0.2) is 0 Å². The third kappa shape index (κ3) is 4.54. The van der Waals surface area contributed by atoms with E-state index in [9.17, 15) is 4.79 Å². The number of nitrogens with zero attached hydrogens (tertiary/aromatic N) is 3. The number of amides is 1. The Balaban J connectivity index is 1.44. The fourth-order valence-corrected chi connectivity index (χ4v) is 4.59. The van der Waals surface area contributed by atoms with Crippen LogP contribution < -0.4 is 4.90 Å². The normalized spacial score (nSPS) is 20.2. The lowest BCUT2D eigenvalue weighted by Gasteiger charge is -2.35. The van der Waals surface area contributed by atoms with E-state index in [1.807, 2.05) is 23.2 Å². The SMILES string of the molecule is O=C(c1cccnc1N1CCC[C@@H](CCc2ccccc2)C1)N1CCCCC1. The lowest BCUT2D eigenvalue weighted by Crippen LogP contribution is -2.40. The summed E-state index contributed by atoms with van der Waals surface area (Å²) in [5, 5.41) is 0. The fraction of sp³-hybridized carbons (Fsp3) is 0.500. The van der Waals surface area contributed by atoms with E-state index in [1.165, 1.54) is 31.2 Å². The molecule has 1 amide bonds. The Bertz CT molecular complexity index is 770. The largest absolute Gasteiger partial charge is 0.356 e. The number of hydrogen-bond donors (Lipinski definition) is 0. The molecule has 1 aromatic heterocycles. The highest BCUT2D eigenvalue weighted by Crippen LogP contribution is 2.28. The summed E-state index contributed by atoms with van der Waals surface area (Å²) < 4.78 is 0. The highest BCUT2D eigenvalue weighted by atomic mass is 16.2. The number of carbonyl (C=O) groups is 1. The van der Waals surface area contributed by atoms with E-state index < -0.39 is 0 Å². The number of likely N-dealkylation sites (tertiary alicyclic amines) is 1. The number of aromatic nitrogens is 1. The highest BCUT2D eigenvalue weighted by Gasteiger charge is 2.27. The van der Waals surface area contributed by atoms with Gasteiger partial charge in [-0.3, -0.25) is 4.79 Å². The number of rotatable bonds is 5. The van der Waals surface area contributed by atoms with E-state index in [-0.39, 0.29) is 5.91 Å². The Morgan fingerprint density at radius 3 is 2.61 bits per heavy atom. The first-order valence-electron chi connectivity index (χ1n) is 10.8. The third-order valence-electron chi connectivity index (χ3n) is 6.16. The summed E-state index contributed by atoms with van der Waals surface area (Å²) in [4.78, 5) is 22.1. The van der Waals surface area contributed by atoms with Crippen LogP contribution in [0.3, 0.4) is 0 Å². The first kappa shape index (κ1) is 19.0. The summed E-state index contributed by atoms with van der Waals surface area (Å²) >= 11 is 0. The van der Waals surface area contributed by atoms with Crippen LogP contribution in [0, 0.1) is 5.92 Å². The number of anilines is 1. The molecule has 4 nitrogen and oxygen atoms in total. The monoisotopic (exact) mass is 377 g/mol. The molecule has 2 saturated heterocycles. The molecule has 148 valence electrons. The lowest BCUT2D eigenvalue weighted by atomic mass is 9.91. The maximum absolute atomic E-state index is 13.1. The van der Waals surface area contributed by atoms with Crippen LogP contribution in [0.5, 0.6) is 0 Å². The second kappa shape index (κ2) is 9.22. The molecule has 1 atom stereocenters. The summed E-state index contributed by atoms with van der Waals surface area (Å²) in [6, 6.07) is 14.6. The lowest BCUT2D eigenvalue weighted by molar-refractivity contribution is 0.0724. The minimum Gasteiger partial charge on any atom is -0.356 e. The van der Waals surface area contributed by atoms with Gasteiger partial charge in [-0.2, -0.15) is 0 Å². The molecule has 0 saturated carbocycles. The van der Waals surface area contributed by atoms with Crippen molar-refractivity contribution < 1.29 is 4.79 Å². The smallest absolute Gasteiger partial charge is 0.257 e. The molecule has 4 heteroatoms. The molecule has 2 aliphatic rings. The first-order chi connectivity index (χ1) is 13.8. The summed E-state index contributed by atoms with van der Waals surface area (Å²) in [7, 11) is 0. The van der Waals surface area contributed by atoms with Crippen molar-refractivity contribution in [3.05, 3.63) is 59.8 Å². The maximum Gasteiger partial charge on any atom is 0.257 e. The molecule has 2 fully saturated rings. The maximum atomic E-state index is 13.1. The van der Waals surface area contributed by atoms with Crippen molar-refractivity contribution in [1.82, 2.24) is 9.88 Å². The van der Waals surface area contributed by atoms with E-state index >= 15 is 0 Å². The molecule has 0 N–H and O–H groups in total. The Morgan fingerprint density at radius 1 is 0.964 bits per heavy atom. The van der Waals surface area contributed by atoms with Crippen molar-refractivity contribution in [3.8, 4) is 0 Å². The van der Waals surface area contributed by atoms with Crippen LogP contribution in [0.2, 0.25) is 0 Å². The molecule has 3 heterocycles. The van der Waals surface area contributed by atoms with Crippen molar-refractivity contribution >= 4 is 11.7 Å². The van der Waals surface area contributed by atoms with Crippen molar-refractivity contribution in [3.63, 3.8) is 0 Å². The van der Waals surface area contributed by atoms with E-state index in [1.54, 1.807) is 0 Å². The van der Waals surface area contributed by atoms with Crippen LogP contribution in [0.15, 0.2) is 48.7 Å². The molecule has 0 radical (unpaired) electrons. The topological polar surface area (TPSA) is 36.4 Å². The first-order valence-corrected chi connectivity index (χ1v) is 10.8. The Kier molecular flexibility index (Phi) is 6.25. The van der Waals surface area contributed by atoms with Crippen LogP contribution in [0.25, 0.3) is 0 Å². The van der Waals surface area contributed by atoms with Gasteiger partial charge in [0.2, 0.25) is 0 Å². The number of benzene rings is 1. The molecule has 1 aromatic carbocycles. The average Bonchev–Trinajstić information content (AvgIpc) is 2.79. The Hall–Kier alpha value is -2.36. The average molecular weight is 378 g/mol. The van der Waals surface area contributed by atoms with Gasteiger partial charge in [-0.05, 0) is 68.6 Å². The quantitative estimate of drug-likeness (QED) is 0.767. The molecular weight excluding hydrogens is 346 g/mol. The molecule has 0 spiro atoms. The minimum absolute atomic E-state index is 0.161. The number of hydrogen-bond acceptors (Lipinski definition) is 3. The van der Waals surface area contributed by atoms with Crippen LogP contribution in [0.1, 0.15) is 54.4 Å². The number of carbonyl (C=O) groups excluding carboxylic acids is 1. The molecular formula is C24H31N3O. The van der Waals surface area contributed by atoms with Crippen LogP contribution in [0.4, 0.5) is 5.82 Å². The van der Waals surface area contributed by atoms with Gasteiger partial charge >= 0.3 is 0 Å². The van der Waals surface area contributed by atoms with Crippen molar-refractivity contribution in [2.75, 3.05) is 31.1 Å². The summed E-state index contributed by atoms with van der Waals surface area (Å²) in [6.45, 7) is 3.77. The predicted octanol–water partition coefficient (Wildman–Crippen LogP) is 4.56. The fourth-order valence-electron chi connectivity index (χ4n) is 4.59. The van der Waals surface area contributed by atoms with E-state index in [2.05, 4.69) is 40.2 Å². The van der Waals surface area contributed by atoms with Crippen LogP contribution in [-0.2, 0) is 6.42 Å². The summed E-state index contributed by atoms with van der Waals surface area (Å²) in [6.07, 6.45) is 10.1. The van der Waals surface area contributed by atoms with E-state index in [0.29, 0.717) is 5.92 Å². The van der Waals surface area contributed by atoms with Crippen molar-refractivity contribution in [2.45, 2.75) is 44.9 Å². The Labute approximate surface area is 168 Å². The molecule has 2 aromatic rings. The second-order valence-electron chi connectivity index (χ2n) is 8.21. The predicted molar refractivity (Wildman–Crippen MR) is 114 cm³/mol. The van der Waals surface area contributed by atoms with E-state index in [0.717, 1.165) is 56.8 Å². The van der Waals surface area contributed by atoms with Gasteiger partial charge < -0.3 is 9.80 Å². The van der Waals surface area contributed by atoms with Gasteiger partial charge in [0.25, 0.3) is 5.91 Å². The van der Waals surface area contributed by atoms with Crippen LogP contribution >= 0.6 is 0 Å². The molecule has 0 bridgehead atoms. The zero-order chi connectivity index (χ0) is 19.2. The summed E-state index contributed by atoms with van der Waals surface area (Å²) in [5.41, 5.74) is 2.20. The zero-order valence-electron chi connectivity index (χ0n) is 16.7. The summed E-state index contributed by atoms with van der Waals surface area (Å²) in [5.74, 6) is 1.71. The molecule has 0 unspecified atom stereocenters. The molecule has 2 aliphatic heterocycles. The minimum atomic E-state index is 0.161.